The monoisotopic (exact) mass is 1730 g/mol. The number of nitrogens with zero attached hydrogens (tertiary/aromatic N) is 8. The highest BCUT2D eigenvalue weighted by Crippen LogP contribution is 2.17. The molecule has 1 amide bonds. The van der Waals surface area contributed by atoms with E-state index in [9.17, 15) is 43.2 Å². The molecule has 117 heavy (non-hydrogen) atoms. The molecule has 7 N–H and O–H groups in total. The van der Waals surface area contributed by atoms with Crippen molar-refractivity contribution in [2.24, 2.45) is 5.73 Å². The van der Waals surface area contributed by atoms with E-state index in [4.69, 9.17) is 54.2 Å². The SMILES string of the molecule is C.C.CC(C)(C)OC(=O)CCCCCBr.CC(C)(C)OC(=O)CN1CCN(CCCCN)CCN(CC(=O)OC(C)(C)C)CC1.CC(C)(C)OC(=O)CN1CCNCCN(CC(=O)OC(C)(C)C)CC1.O=C(O)CN1CCN(CCCCNC(=O)COC2C#CCCCCC2)CCN(CC(=O)O)CC1.O=C(O)COC1C#CCCCCC1. The predicted molar refractivity (Wildman–Crippen MR) is 464 cm³/mol. The predicted octanol–water partition coefficient (Wildman–Crippen LogP) is 8.51. The number of carbonyl (C=O) groups excluding carboxylic acids is 6. The minimum Gasteiger partial charge on any atom is -0.480 e. The van der Waals surface area contributed by atoms with Crippen molar-refractivity contribution in [2.75, 3.05) is 202 Å². The molecule has 3 aliphatic heterocycles. The number of nitrogens with one attached hydrogen (secondary N) is 2. The summed E-state index contributed by atoms with van der Waals surface area (Å²) < 4.78 is 37.7. The van der Waals surface area contributed by atoms with Crippen LogP contribution in [0.25, 0.3) is 0 Å². The van der Waals surface area contributed by atoms with Gasteiger partial charge in [0.25, 0.3) is 0 Å². The molecule has 0 aromatic rings. The molecule has 3 heterocycles. The first-order chi connectivity index (χ1) is 54.0. The van der Waals surface area contributed by atoms with Crippen molar-refractivity contribution in [1.82, 2.24) is 49.8 Å². The Labute approximate surface area is 713 Å². The van der Waals surface area contributed by atoms with E-state index in [1.54, 1.807) is 0 Å². The van der Waals surface area contributed by atoms with Gasteiger partial charge in [-0.15, -0.1) is 11.8 Å². The van der Waals surface area contributed by atoms with E-state index >= 15 is 0 Å². The lowest BCUT2D eigenvalue weighted by Gasteiger charge is -2.27. The van der Waals surface area contributed by atoms with Crippen LogP contribution in [0.2, 0.25) is 0 Å². The number of alkyl halides is 1. The summed E-state index contributed by atoms with van der Waals surface area (Å²) in [5, 5.41) is 33.9. The van der Waals surface area contributed by atoms with E-state index in [-0.39, 0.29) is 121 Å². The Morgan fingerprint density at radius 1 is 0.393 bits per heavy atom. The van der Waals surface area contributed by atoms with Gasteiger partial charge in [0.1, 0.15) is 53.4 Å². The van der Waals surface area contributed by atoms with Crippen molar-refractivity contribution in [2.45, 2.75) is 274 Å². The average Bonchev–Trinajstić information content (AvgIpc) is 1.39. The number of rotatable bonds is 32. The van der Waals surface area contributed by atoms with E-state index in [0.717, 1.165) is 187 Å². The second kappa shape index (κ2) is 64.2. The normalized spacial score (nSPS) is 18.6. The molecule has 680 valence electrons. The Balaban J connectivity index is 0. The third kappa shape index (κ3) is 70.7. The average molecular weight is 1730 g/mol. The minimum absolute atomic E-state index is 0. The maximum Gasteiger partial charge on any atom is 0.329 e. The topological polar surface area (TPSA) is 355 Å². The van der Waals surface area contributed by atoms with E-state index in [1.807, 2.05) is 114 Å². The molecule has 0 aromatic carbocycles. The highest BCUT2D eigenvalue weighted by Gasteiger charge is 2.28. The molecule has 3 fully saturated rings. The number of ether oxygens (including phenoxy) is 7. The molecule has 2 atom stereocenters. The zero-order chi connectivity index (χ0) is 86.3. The van der Waals surface area contributed by atoms with Gasteiger partial charge in [-0.2, -0.15) is 0 Å². The second-order valence-electron chi connectivity index (χ2n) is 34.7. The van der Waals surface area contributed by atoms with Gasteiger partial charge in [0.2, 0.25) is 5.91 Å². The number of esters is 5. The molecule has 2 unspecified atom stereocenters. The second-order valence-corrected chi connectivity index (χ2v) is 35.5. The lowest BCUT2D eigenvalue weighted by molar-refractivity contribution is -0.158. The number of nitrogens with two attached hydrogens (primary N) is 1. The first-order valence-electron chi connectivity index (χ1n) is 42.0. The summed E-state index contributed by atoms with van der Waals surface area (Å²) in [6.45, 7) is 45.1. The third-order valence-electron chi connectivity index (χ3n) is 17.6. The van der Waals surface area contributed by atoms with Crippen LogP contribution in [0.15, 0.2) is 0 Å². The van der Waals surface area contributed by atoms with E-state index in [2.05, 4.69) is 79.6 Å². The van der Waals surface area contributed by atoms with Gasteiger partial charge in [-0.25, -0.2) is 4.79 Å². The fourth-order valence-corrected chi connectivity index (χ4v) is 12.6. The van der Waals surface area contributed by atoms with Crippen molar-refractivity contribution >= 4 is 69.6 Å². The Kier molecular flexibility index (Phi) is 62.2. The van der Waals surface area contributed by atoms with Crippen molar-refractivity contribution in [1.29, 1.82) is 0 Å². The molecule has 0 spiro atoms. The summed E-state index contributed by atoms with van der Waals surface area (Å²) >= 11 is 3.35. The summed E-state index contributed by atoms with van der Waals surface area (Å²) in [5.74, 6) is 8.40. The fraction of sp³-hybridized carbons (Fsp3) is 0.849. The van der Waals surface area contributed by atoms with Crippen LogP contribution in [-0.2, 0) is 76.3 Å². The molecule has 31 heteroatoms. The number of carboxylic acids is 3. The van der Waals surface area contributed by atoms with Gasteiger partial charge in [0.05, 0.1) is 39.3 Å². The molecule has 0 bridgehead atoms. The fourth-order valence-electron chi connectivity index (χ4n) is 12.2. The minimum atomic E-state index is -0.927. The van der Waals surface area contributed by atoms with Gasteiger partial charge in [-0.05, 0) is 201 Å². The molecule has 2 aliphatic carbocycles. The molecule has 5 aliphatic rings. The summed E-state index contributed by atoms with van der Waals surface area (Å²) in [6.07, 6.45) is 17.5. The zero-order valence-corrected chi connectivity index (χ0v) is 74.8. The number of carbonyl (C=O) groups is 9. The van der Waals surface area contributed by atoms with Crippen LogP contribution >= 0.6 is 15.9 Å². The number of hydrogen-bond acceptors (Lipinski definition) is 26. The molecular formula is C86H160BrN11O19. The Bertz CT molecular complexity index is 2790. The smallest absolute Gasteiger partial charge is 0.329 e. The zero-order valence-electron chi connectivity index (χ0n) is 73.2. The Morgan fingerprint density at radius 3 is 1.05 bits per heavy atom. The number of amides is 1. The number of aliphatic carboxylic acids is 3. The third-order valence-corrected chi connectivity index (χ3v) is 18.2. The molecule has 0 radical (unpaired) electrons. The number of carboxylic acid groups (broad SMARTS) is 3. The van der Waals surface area contributed by atoms with Crippen molar-refractivity contribution in [3.63, 3.8) is 0 Å². The number of halogens is 1. The highest BCUT2D eigenvalue weighted by atomic mass is 79.9. The standard InChI is InChI=1S/C24H40N4O6.C22H44N4O4.C18H35N3O4.C10H19BrO2.C10H14O3.2CH4/c29-22(20-34-21-8-4-2-1-3-5-9-21)25-10-6-7-11-26-12-14-27(18-23(30)31)16-17-28(15-13-26)19-24(32)33;1-21(2,3)29-19(27)17-25-13-11-24(10-8-7-9-23)12-14-26(16-15-25)18-20(28)30-22(4,5)6;1-17(2,3)24-15(22)13-20-9-7-19-8-10-21(12-11-20)14-16(23)25-18(4,5)6;1-10(2,3)13-9(12)7-5-4-6-8-11;11-10(12)8-13-9-6-4-2-1-3-5-7-9;;/h21H,1-4,6-8,10-20H2,(H,25,29)(H,30,31)(H,32,33);7-18,23H2,1-6H3;19H,7-14H2,1-6H3;4-8H2,1-3H3;9H,1-4,6,8H2,(H,11,12);2*1H4. The first kappa shape index (κ1) is 113. The summed E-state index contributed by atoms with van der Waals surface area (Å²) in [5.41, 5.74) is 3.37. The van der Waals surface area contributed by atoms with Gasteiger partial charge in [-0.1, -0.05) is 61.9 Å². The molecule has 5 rings (SSSR count). The summed E-state index contributed by atoms with van der Waals surface area (Å²) in [4.78, 5) is 121. The van der Waals surface area contributed by atoms with Gasteiger partial charge < -0.3 is 74.6 Å². The van der Waals surface area contributed by atoms with Crippen molar-refractivity contribution < 1.29 is 91.6 Å². The van der Waals surface area contributed by atoms with E-state index in [0.29, 0.717) is 71.9 Å². The van der Waals surface area contributed by atoms with Crippen LogP contribution in [0.4, 0.5) is 0 Å². The quantitative estimate of drug-likeness (QED) is 0.0121. The highest BCUT2D eigenvalue weighted by molar-refractivity contribution is 9.09. The van der Waals surface area contributed by atoms with E-state index < -0.39 is 40.3 Å². The van der Waals surface area contributed by atoms with Gasteiger partial charge >= 0.3 is 47.8 Å². The molecule has 0 saturated carbocycles. The van der Waals surface area contributed by atoms with Crippen LogP contribution in [-0.4, -0.2) is 350 Å². The van der Waals surface area contributed by atoms with Crippen LogP contribution in [0.3, 0.4) is 0 Å². The molecular weight excluding hydrogens is 1570 g/mol. The maximum absolute atomic E-state index is 12.3. The first-order valence-corrected chi connectivity index (χ1v) is 43.1. The van der Waals surface area contributed by atoms with Crippen molar-refractivity contribution in [3.05, 3.63) is 0 Å². The number of unbranched alkanes of at least 4 members (excludes halogenated alkanes) is 4. The van der Waals surface area contributed by atoms with Crippen molar-refractivity contribution in [3.8, 4) is 23.7 Å². The lowest BCUT2D eigenvalue weighted by atomic mass is 10.1. The van der Waals surface area contributed by atoms with Crippen LogP contribution < -0.4 is 16.4 Å². The van der Waals surface area contributed by atoms with Crippen LogP contribution in [0.5, 0.6) is 0 Å². The van der Waals surface area contributed by atoms with Gasteiger partial charge in [0, 0.05) is 149 Å². The van der Waals surface area contributed by atoms with Gasteiger partial charge in [0.15, 0.2) is 0 Å². The molecule has 0 aromatic heterocycles. The van der Waals surface area contributed by atoms with E-state index in [1.165, 1.54) is 6.42 Å². The molecule has 3 saturated heterocycles. The van der Waals surface area contributed by atoms with Crippen LogP contribution in [0, 0.1) is 23.7 Å². The maximum atomic E-state index is 12.3. The summed E-state index contributed by atoms with van der Waals surface area (Å²) in [7, 11) is 0. The Morgan fingerprint density at radius 2 is 0.718 bits per heavy atom. The largest absolute Gasteiger partial charge is 0.480 e. The molecule has 30 nitrogen and oxygen atoms in total. The van der Waals surface area contributed by atoms with Gasteiger partial charge in [-0.3, -0.25) is 67.8 Å². The Hall–Kier alpha value is -5.65. The number of hydrogen-bond donors (Lipinski definition) is 6. The summed E-state index contributed by atoms with van der Waals surface area (Å²) in [6, 6.07) is 0. The van der Waals surface area contributed by atoms with Crippen LogP contribution in [0.1, 0.15) is 234 Å². The lowest BCUT2D eigenvalue weighted by Crippen LogP contribution is -2.42.